The summed E-state index contributed by atoms with van der Waals surface area (Å²) in [7, 11) is 0. The summed E-state index contributed by atoms with van der Waals surface area (Å²) in [6.45, 7) is 6.73. The van der Waals surface area contributed by atoms with Gasteiger partial charge in [0.1, 0.15) is 0 Å². The van der Waals surface area contributed by atoms with Gasteiger partial charge in [0, 0.05) is 43.1 Å². The van der Waals surface area contributed by atoms with Crippen molar-refractivity contribution in [3.05, 3.63) is 53.9 Å². The lowest BCUT2D eigenvalue weighted by Gasteiger charge is -2.34. The molecule has 1 aromatic heterocycles. The Morgan fingerprint density at radius 3 is 2.62 bits per heavy atom. The lowest BCUT2D eigenvalue weighted by atomic mass is 10.0. The van der Waals surface area contributed by atoms with E-state index in [1.165, 1.54) is 5.56 Å². The van der Waals surface area contributed by atoms with E-state index in [4.69, 9.17) is 0 Å². The molecular weight excluding hydrogens is 300 g/mol. The molecule has 1 saturated heterocycles. The number of nitrogens with zero attached hydrogens (tertiary/aromatic N) is 3. The molecular formula is C19H26N4O. The fraction of sp³-hybridized carbons (Fsp3) is 0.474. The van der Waals surface area contributed by atoms with Crippen LogP contribution in [0.3, 0.4) is 0 Å². The van der Waals surface area contributed by atoms with E-state index in [2.05, 4.69) is 17.3 Å². The highest BCUT2D eigenvalue weighted by molar-refractivity contribution is 5.94. The molecule has 1 aliphatic heterocycles. The van der Waals surface area contributed by atoms with E-state index in [-0.39, 0.29) is 5.91 Å². The minimum atomic E-state index is 0.151. The summed E-state index contributed by atoms with van der Waals surface area (Å²) in [6, 6.07) is 10.6. The van der Waals surface area contributed by atoms with Gasteiger partial charge in [-0.1, -0.05) is 17.7 Å². The van der Waals surface area contributed by atoms with E-state index < -0.39 is 0 Å². The van der Waals surface area contributed by atoms with Crippen molar-refractivity contribution in [1.82, 2.24) is 20.0 Å². The van der Waals surface area contributed by atoms with Crippen LogP contribution in [0.5, 0.6) is 0 Å². The summed E-state index contributed by atoms with van der Waals surface area (Å²) in [4.78, 5) is 14.5. The van der Waals surface area contributed by atoms with E-state index in [1.54, 1.807) is 0 Å². The molecule has 0 saturated carbocycles. The number of likely N-dealkylation sites (tertiary alicyclic amines) is 1. The number of carbonyl (C=O) groups is 1. The van der Waals surface area contributed by atoms with Gasteiger partial charge in [-0.2, -0.15) is 5.10 Å². The predicted molar refractivity (Wildman–Crippen MR) is 94.9 cm³/mol. The highest BCUT2D eigenvalue weighted by Crippen LogP contribution is 2.15. The molecule has 0 bridgehead atoms. The number of nitrogens with one attached hydrogen (secondary N) is 1. The fourth-order valence-electron chi connectivity index (χ4n) is 3.27. The summed E-state index contributed by atoms with van der Waals surface area (Å²) < 4.78 is 1.95. The number of amides is 1. The average molecular weight is 326 g/mol. The van der Waals surface area contributed by atoms with Crippen LogP contribution in [-0.2, 0) is 6.54 Å². The van der Waals surface area contributed by atoms with Crippen molar-refractivity contribution in [3.8, 4) is 0 Å². The van der Waals surface area contributed by atoms with Gasteiger partial charge in [-0.15, -0.1) is 0 Å². The minimum absolute atomic E-state index is 0.151. The van der Waals surface area contributed by atoms with Gasteiger partial charge in [0.2, 0.25) is 0 Å². The standard InChI is InChI=1S/C19H26N4O/c1-15-4-6-17(7-5-15)19(24)22-12-8-18(9-13-22)21-16(2)14-23-11-3-10-20-23/h3-7,10-11,16,18,21H,8-9,12-14H2,1-2H3. The number of hydrogen-bond donors (Lipinski definition) is 1. The number of benzene rings is 1. The Labute approximate surface area is 143 Å². The van der Waals surface area contributed by atoms with Crippen molar-refractivity contribution in [3.63, 3.8) is 0 Å². The van der Waals surface area contributed by atoms with Crippen molar-refractivity contribution >= 4 is 5.91 Å². The first kappa shape index (κ1) is 16.7. The summed E-state index contributed by atoms with van der Waals surface area (Å²) in [5, 5.41) is 7.91. The minimum Gasteiger partial charge on any atom is -0.339 e. The van der Waals surface area contributed by atoms with E-state index in [1.807, 2.05) is 59.2 Å². The van der Waals surface area contributed by atoms with E-state index in [0.29, 0.717) is 12.1 Å². The molecule has 2 aromatic rings. The quantitative estimate of drug-likeness (QED) is 0.918. The van der Waals surface area contributed by atoms with Crippen LogP contribution in [0.4, 0.5) is 0 Å². The molecule has 1 fully saturated rings. The maximum absolute atomic E-state index is 12.5. The van der Waals surface area contributed by atoms with Gasteiger partial charge in [0.25, 0.3) is 5.91 Å². The first-order valence-electron chi connectivity index (χ1n) is 8.71. The summed E-state index contributed by atoms with van der Waals surface area (Å²) >= 11 is 0. The number of carbonyl (C=O) groups excluding carboxylic acids is 1. The van der Waals surface area contributed by atoms with Gasteiger partial charge in [0.05, 0.1) is 6.54 Å². The van der Waals surface area contributed by atoms with E-state index in [9.17, 15) is 4.79 Å². The van der Waals surface area contributed by atoms with Crippen molar-refractivity contribution < 1.29 is 4.79 Å². The van der Waals surface area contributed by atoms with E-state index >= 15 is 0 Å². The van der Waals surface area contributed by atoms with Crippen LogP contribution in [0.1, 0.15) is 35.7 Å². The third-order valence-corrected chi connectivity index (χ3v) is 4.62. The molecule has 2 heterocycles. The first-order chi connectivity index (χ1) is 11.6. The summed E-state index contributed by atoms with van der Waals surface area (Å²) in [6.07, 6.45) is 5.80. The molecule has 5 nitrogen and oxygen atoms in total. The van der Waals surface area contributed by atoms with Gasteiger partial charge < -0.3 is 10.2 Å². The Balaban J connectivity index is 1.46. The smallest absolute Gasteiger partial charge is 0.253 e. The maximum atomic E-state index is 12.5. The number of aromatic nitrogens is 2. The molecule has 0 aliphatic carbocycles. The van der Waals surface area contributed by atoms with Crippen LogP contribution in [0.2, 0.25) is 0 Å². The second-order valence-electron chi connectivity index (χ2n) is 6.73. The summed E-state index contributed by atoms with van der Waals surface area (Å²) in [5.74, 6) is 0.151. The van der Waals surface area contributed by atoms with Crippen molar-refractivity contribution in [1.29, 1.82) is 0 Å². The van der Waals surface area contributed by atoms with Crippen LogP contribution in [-0.4, -0.2) is 45.8 Å². The van der Waals surface area contributed by atoms with Crippen molar-refractivity contribution in [2.45, 2.75) is 45.3 Å². The molecule has 5 heteroatoms. The van der Waals surface area contributed by atoms with Crippen LogP contribution in [0.15, 0.2) is 42.7 Å². The molecule has 1 N–H and O–H groups in total. The molecule has 1 amide bonds. The van der Waals surface area contributed by atoms with E-state index in [0.717, 1.165) is 38.0 Å². The zero-order valence-corrected chi connectivity index (χ0v) is 14.5. The molecule has 1 aliphatic rings. The third-order valence-electron chi connectivity index (χ3n) is 4.62. The Hall–Kier alpha value is -2.14. The molecule has 128 valence electrons. The van der Waals surface area contributed by atoms with Crippen molar-refractivity contribution in [2.24, 2.45) is 0 Å². The zero-order valence-electron chi connectivity index (χ0n) is 14.5. The second-order valence-corrected chi connectivity index (χ2v) is 6.73. The van der Waals surface area contributed by atoms with Crippen LogP contribution in [0.25, 0.3) is 0 Å². The third kappa shape index (κ3) is 4.23. The monoisotopic (exact) mass is 326 g/mol. The predicted octanol–water partition coefficient (Wildman–Crippen LogP) is 2.47. The molecule has 3 rings (SSSR count). The number of aryl methyl sites for hydroxylation is 1. The summed E-state index contributed by atoms with van der Waals surface area (Å²) in [5.41, 5.74) is 1.97. The first-order valence-corrected chi connectivity index (χ1v) is 8.71. The molecule has 0 spiro atoms. The maximum Gasteiger partial charge on any atom is 0.253 e. The molecule has 1 aromatic carbocycles. The topological polar surface area (TPSA) is 50.2 Å². The van der Waals surface area contributed by atoms with Gasteiger partial charge in [0.15, 0.2) is 0 Å². The largest absolute Gasteiger partial charge is 0.339 e. The zero-order chi connectivity index (χ0) is 16.9. The van der Waals surface area contributed by atoms with Crippen LogP contribution >= 0.6 is 0 Å². The molecule has 1 atom stereocenters. The Bertz CT molecular complexity index is 643. The van der Waals surface area contributed by atoms with Gasteiger partial charge >= 0.3 is 0 Å². The molecule has 0 radical (unpaired) electrons. The van der Waals surface area contributed by atoms with Gasteiger partial charge in [-0.3, -0.25) is 9.48 Å². The highest BCUT2D eigenvalue weighted by Gasteiger charge is 2.24. The molecule has 1 unspecified atom stereocenters. The SMILES string of the molecule is Cc1ccc(C(=O)N2CCC(NC(C)Cn3cccn3)CC2)cc1. The highest BCUT2D eigenvalue weighted by atomic mass is 16.2. The van der Waals surface area contributed by atoms with Gasteiger partial charge in [-0.25, -0.2) is 0 Å². The van der Waals surface area contributed by atoms with Crippen molar-refractivity contribution in [2.75, 3.05) is 13.1 Å². The van der Waals surface area contributed by atoms with Crippen LogP contribution in [0, 0.1) is 6.92 Å². The lowest BCUT2D eigenvalue weighted by molar-refractivity contribution is 0.0701. The molecule has 24 heavy (non-hydrogen) atoms. The number of hydrogen-bond acceptors (Lipinski definition) is 3. The normalized spacial score (nSPS) is 17.0. The number of rotatable bonds is 5. The lowest BCUT2D eigenvalue weighted by Crippen LogP contribution is -2.48. The second kappa shape index (κ2) is 7.62. The average Bonchev–Trinajstić information content (AvgIpc) is 3.08. The number of piperidine rings is 1. The van der Waals surface area contributed by atoms with Crippen LogP contribution < -0.4 is 5.32 Å². The Kier molecular flexibility index (Phi) is 5.30. The Morgan fingerprint density at radius 1 is 1.29 bits per heavy atom. The van der Waals surface area contributed by atoms with Gasteiger partial charge in [-0.05, 0) is 44.9 Å². The Morgan fingerprint density at radius 2 is 2.00 bits per heavy atom. The fourth-order valence-corrected chi connectivity index (χ4v) is 3.27.